The zero-order valence-corrected chi connectivity index (χ0v) is 17.1. The van der Waals surface area contributed by atoms with Crippen LogP contribution in [0.2, 0.25) is 0 Å². The first-order valence-corrected chi connectivity index (χ1v) is 10.7. The first kappa shape index (κ1) is 18.2. The summed E-state index contributed by atoms with van der Waals surface area (Å²) in [5.74, 6) is 0. The third kappa shape index (κ3) is 3.90. The molecule has 1 aliphatic rings. The zero-order valence-electron chi connectivity index (χ0n) is 15.5. The van der Waals surface area contributed by atoms with Crippen molar-refractivity contribution in [1.29, 1.82) is 0 Å². The van der Waals surface area contributed by atoms with E-state index in [1.165, 1.54) is 10.6 Å². The van der Waals surface area contributed by atoms with Gasteiger partial charge in [-0.1, -0.05) is 18.2 Å². The molecule has 0 aliphatic carbocycles. The van der Waals surface area contributed by atoms with Gasteiger partial charge in [-0.15, -0.1) is 22.7 Å². The van der Waals surface area contributed by atoms with Gasteiger partial charge >= 0.3 is 0 Å². The van der Waals surface area contributed by atoms with Gasteiger partial charge in [-0.2, -0.15) is 5.10 Å². The SMILES string of the molecule is CN=c1scc(-c2cccs2)n1N=C(C)c1ccc(N2CCOCC2)cc1. The minimum atomic E-state index is 0.797. The van der Waals surface area contributed by atoms with E-state index in [4.69, 9.17) is 9.84 Å². The van der Waals surface area contributed by atoms with Crippen molar-refractivity contribution < 1.29 is 4.74 Å². The third-order valence-electron chi connectivity index (χ3n) is 4.56. The Labute approximate surface area is 166 Å². The topological polar surface area (TPSA) is 42.1 Å². The standard InChI is InChI=1S/C20H22N4OS2/c1-15(16-5-7-17(8-6-16)23-9-11-25-12-10-23)22-24-18(14-27-20(24)21-2)19-4-3-13-26-19/h3-8,13-14H,9-12H2,1-2H3. The highest BCUT2D eigenvalue weighted by molar-refractivity contribution is 7.14. The molecule has 140 valence electrons. The normalized spacial score (nSPS) is 16.1. The van der Waals surface area contributed by atoms with Crippen LogP contribution in [0.3, 0.4) is 0 Å². The second kappa shape index (κ2) is 8.21. The van der Waals surface area contributed by atoms with Gasteiger partial charge in [0.15, 0.2) is 0 Å². The fourth-order valence-corrected chi connectivity index (χ4v) is 4.67. The van der Waals surface area contributed by atoms with Crippen molar-refractivity contribution in [1.82, 2.24) is 4.68 Å². The van der Waals surface area contributed by atoms with Crippen LogP contribution in [0.15, 0.2) is 57.3 Å². The Bertz CT molecular complexity index is 978. The Hall–Kier alpha value is -2.22. The van der Waals surface area contributed by atoms with Crippen molar-refractivity contribution in [3.8, 4) is 10.6 Å². The van der Waals surface area contributed by atoms with Gasteiger partial charge in [0.25, 0.3) is 0 Å². The fraction of sp³-hybridized carbons (Fsp3) is 0.300. The summed E-state index contributed by atoms with van der Waals surface area (Å²) in [5, 5.41) is 9.08. The largest absolute Gasteiger partial charge is 0.378 e. The lowest BCUT2D eigenvalue weighted by Gasteiger charge is -2.28. The van der Waals surface area contributed by atoms with E-state index in [0.29, 0.717) is 0 Å². The molecule has 0 bridgehead atoms. The van der Waals surface area contributed by atoms with Crippen LogP contribution < -0.4 is 9.70 Å². The molecule has 0 atom stereocenters. The van der Waals surface area contributed by atoms with Crippen LogP contribution >= 0.6 is 22.7 Å². The number of rotatable bonds is 4. The molecular formula is C20H22N4OS2. The van der Waals surface area contributed by atoms with Crippen LogP contribution in [-0.4, -0.2) is 43.7 Å². The van der Waals surface area contributed by atoms with E-state index in [9.17, 15) is 0 Å². The smallest absolute Gasteiger partial charge is 0.205 e. The predicted octanol–water partition coefficient (Wildman–Crippen LogP) is 3.92. The quantitative estimate of drug-likeness (QED) is 0.625. The number of hydrogen-bond acceptors (Lipinski definition) is 6. The summed E-state index contributed by atoms with van der Waals surface area (Å²) in [6.07, 6.45) is 0. The molecule has 27 heavy (non-hydrogen) atoms. The number of benzene rings is 1. The number of ether oxygens (including phenoxy) is 1. The predicted molar refractivity (Wildman–Crippen MR) is 114 cm³/mol. The average Bonchev–Trinajstić information content (AvgIpc) is 3.38. The van der Waals surface area contributed by atoms with Crippen molar-refractivity contribution in [3.05, 3.63) is 57.5 Å². The van der Waals surface area contributed by atoms with Gasteiger partial charge in [-0.05, 0) is 36.1 Å². The number of thiophene rings is 1. The number of nitrogens with zero attached hydrogens (tertiary/aromatic N) is 4. The maximum absolute atomic E-state index is 5.43. The van der Waals surface area contributed by atoms with Crippen LogP contribution in [0.4, 0.5) is 5.69 Å². The van der Waals surface area contributed by atoms with E-state index in [1.54, 1.807) is 22.7 Å². The first-order valence-electron chi connectivity index (χ1n) is 8.92. The van der Waals surface area contributed by atoms with Gasteiger partial charge < -0.3 is 9.64 Å². The molecule has 1 aromatic carbocycles. The van der Waals surface area contributed by atoms with Crippen LogP contribution in [0.5, 0.6) is 0 Å². The summed E-state index contributed by atoms with van der Waals surface area (Å²) >= 11 is 3.32. The minimum absolute atomic E-state index is 0.797. The second-order valence-electron chi connectivity index (χ2n) is 6.25. The third-order valence-corrected chi connectivity index (χ3v) is 6.36. The Morgan fingerprint density at radius 3 is 2.52 bits per heavy atom. The molecule has 1 fully saturated rings. The number of anilines is 1. The highest BCUT2D eigenvalue weighted by Gasteiger charge is 2.12. The molecule has 3 heterocycles. The van der Waals surface area contributed by atoms with Crippen molar-refractivity contribution >= 4 is 34.1 Å². The van der Waals surface area contributed by atoms with Crippen LogP contribution in [-0.2, 0) is 4.74 Å². The maximum atomic E-state index is 5.43. The Kier molecular flexibility index (Phi) is 5.52. The number of aromatic nitrogens is 1. The van der Waals surface area contributed by atoms with E-state index < -0.39 is 0 Å². The van der Waals surface area contributed by atoms with E-state index in [-0.39, 0.29) is 0 Å². The molecule has 1 saturated heterocycles. The number of thiazole rings is 1. The fourth-order valence-electron chi connectivity index (χ4n) is 3.08. The summed E-state index contributed by atoms with van der Waals surface area (Å²) in [4.78, 5) is 8.83. The van der Waals surface area contributed by atoms with E-state index in [1.807, 2.05) is 18.6 Å². The molecular weight excluding hydrogens is 376 g/mol. The number of hydrogen-bond donors (Lipinski definition) is 0. The van der Waals surface area contributed by atoms with E-state index >= 15 is 0 Å². The highest BCUT2D eigenvalue weighted by atomic mass is 32.1. The molecule has 1 aliphatic heterocycles. The van der Waals surface area contributed by atoms with Gasteiger partial charge in [0, 0.05) is 31.2 Å². The molecule has 0 N–H and O–H groups in total. The summed E-state index contributed by atoms with van der Waals surface area (Å²) in [6, 6.07) is 12.8. The molecule has 3 aromatic rings. The van der Waals surface area contributed by atoms with Crippen molar-refractivity contribution in [2.45, 2.75) is 6.92 Å². The van der Waals surface area contributed by atoms with Crippen molar-refractivity contribution in [2.24, 2.45) is 10.1 Å². The van der Waals surface area contributed by atoms with Crippen molar-refractivity contribution in [3.63, 3.8) is 0 Å². The van der Waals surface area contributed by atoms with Crippen LogP contribution in [0.1, 0.15) is 12.5 Å². The van der Waals surface area contributed by atoms with Gasteiger partial charge in [0.1, 0.15) is 0 Å². The first-order chi connectivity index (χ1) is 13.3. The van der Waals surface area contributed by atoms with Gasteiger partial charge in [0.05, 0.1) is 29.5 Å². The molecule has 0 saturated carbocycles. The summed E-state index contributed by atoms with van der Waals surface area (Å²) in [6.45, 7) is 5.54. The molecule has 0 spiro atoms. The summed E-state index contributed by atoms with van der Waals surface area (Å²) < 4.78 is 7.38. The Morgan fingerprint density at radius 2 is 1.85 bits per heavy atom. The van der Waals surface area contributed by atoms with E-state index in [2.05, 4.69) is 57.1 Å². The highest BCUT2D eigenvalue weighted by Crippen LogP contribution is 2.25. The molecule has 4 rings (SSSR count). The number of morpholine rings is 1. The summed E-state index contributed by atoms with van der Waals surface area (Å²) in [7, 11) is 1.81. The van der Waals surface area contributed by atoms with Gasteiger partial charge in [-0.25, -0.2) is 4.68 Å². The lowest BCUT2D eigenvalue weighted by atomic mass is 10.1. The van der Waals surface area contributed by atoms with Crippen LogP contribution in [0, 0.1) is 0 Å². The molecule has 0 unspecified atom stereocenters. The average molecular weight is 399 g/mol. The molecule has 2 aromatic heterocycles. The molecule has 0 amide bonds. The Morgan fingerprint density at radius 1 is 1.07 bits per heavy atom. The monoisotopic (exact) mass is 398 g/mol. The molecule has 7 heteroatoms. The second-order valence-corrected chi connectivity index (χ2v) is 8.03. The van der Waals surface area contributed by atoms with Crippen molar-refractivity contribution in [2.75, 3.05) is 38.3 Å². The Balaban J connectivity index is 1.64. The lowest BCUT2D eigenvalue weighted by Crippen LogP contribution is -2.36. The molecule has 5 nitrogen and oxygen atoms in total. The lowest BCUT2D eigenvalue weighted by molar-refractivity contribution is 0.122. The van der Waals surface area contributed by atoms with Gasteiger partial charge in [-0.3, -0.25) is 4.99 Å². The maximum Gasteiger partial charge on any atom is 0.205 e. The van der Waals surface area contributed by atoms with E-state index in [0.717, 1.165) is 48.1 Å². The zero-order chi connectivity index (χ0) is 18.6. The summed E-state index contributed by atoms with van der Waals surface area (Å²) in [5.41, 5.74) is 4.40. The minimum Gasteiger partial charge on any atom is -0.378 e. The van der Waals surface area contributed by atoms with Gasteiger partial charge in [0.2, 0.25) is 4.80 Å². The van der Waals surface area contributed by atoms with Crippen LogP contribution in [0.25, 0.3) is 10.6 Å². The molecule has 0 radical (unpaired) electrons.